The minimum Gasteiger partial charge on any atom is -0.478 e. The summed E-state index contributed by atoms with van der Waals surface area (Å²) in [6, 6.07) is 45.3. The molecule has 4 aliphatic rings. The second-order valence-corrected chi connectivity index (χ2v) is 37.5. The normalized spacial score (nSPS) is 23.0. The van der Waals surface area contributed by atoms with Crippen molar-refractivity contribution >= 4 is 74.1 Å². The summed E-state index contributed by atoms with van der Waals surface area (Å²) in [6.07, 6.45) is 6.25. The largest absolute Gasteiger partial charge is 0.478 e. The fourth-order valence-corrected chi connectivity index (χ4v) is 19.9. The number of aliphatic hydroxyl groups excluding tert-OH is 1. The topological polar surface area (TPSA) is 309 Å². The summed E-state index contributed by atoms with van der Waals surface area (Å²) < 4.78 is 70.7. The lowest BCUT2D eigenvalue weighted by Crippen LogP contribution is -2.64. The van der Waals surface area contributed by atoms with Gasteiger partial charge in [0.2, 0.25) is 5.79 Å². The van der Waals surface area contributed by atoms with Crippen LogP contribution in [0.2, 0.25) is 0 Å². The second-order valence-electron chi connectivity index (χ2n) is 37.5. The zero-order valence-electron chi connectivity index (χ0n) is 80.8. The predicted octanol–water partition coefficient (Wildman–Crippen LogP) is 22.8. The van der Waals surface area contributed by atoms with Crippen LogP contribution in [-0.4, -0.2) is 163 Å². The Morgan fingerprint density at radius 2 is 0.978 bits per heavy atom. The van der Waals surface area contributed by atoms with Crippen LogP contribution in [0.1, 0.15) is 200 Å². The Hall–Kier alpha value is -12.3. The van der Waals surface area contributed by atoms with Gasteiger partial charge < -0.3 is 54.1 Å². The number of ether oxygens (including phenoxy) is 5. The number of hydrogen-bond donors (Lipinski definition) is 5. The number of esters is 1. The number of ketones is 2. The van der Waals surface area contributed by atoms with Gasteiger partial charge in [-0.25, -0.2) is 47.3 Å². The third kappa shape index (κ3) is 23.5. The highest BCUT2D eigenvalue weighted by Gasteiger charge is 2.57. The number of rotatable bonds is 14. The summed E-state index contributed by atoms with van der Waals surface area (Å²) >= 11 is 0. The molecular formula is C112H125F3N4O17. The van der Waals surface area contributed by atoms with E-state index in [1.54, 1.807) is 49.0 Å². The number of allylic oxidation sites excluding steroid dienone is 3. The maximum absolute atomic E-state index is 14.2. The number of Topliss-reactive ketones (excluding diaryl/α,β-unsaturated/α-hetero) is 2. The third-order valence-corrected chi connectivity index (χ3v) is 27.4. The van der Waals surface area contributed by atoms with Gasteiger partial charge in [-0.15, -0.1) is 0 Å². The fraction of sp³-hybridized carbons (Fsp3) is 0.393. The van der Waals surface area contributed by atoms with Crippen molar-refractivity contribution in [2.75, 3.05) is 27.9 Å². The number of methoxy groups -OCH3 is 3. The minimum atomic E-state index is -2.48. The van der Waals surface area contributed by atoms with Crippen molar-refractivity contribution in [1.29, 1.82) is 0 Å². The highest BCUT2D eigenvalue weighted by atomic mass is 19.1. The Bertz CT molecular complexity index is 6350. The Kier molecular flexibility index (Phi) is 33.7. The van der Waals surface area contributed by atoms with E-state index in [1.807, 2.05) is 107 Å². The summed E-state index contributed by atoms with van der Waals surface area (Å²) in [4.78, 5) is 107. The van der Waals surface area contributed by atoms with Gasteiger partial charge in [0.25, 0.3) is 11.7 Å². The Balaban J connectivity index is 0.000000174. The van der Waals surface area contributed by atoms with Crippen molar-refractivity contribution in [2.45, 2.75) is 229 Å². The lowest BCUT2D eigenvalue weighted by molar-refractivity contribution is -0.302. The van der Waals surface area contributed by atoms with E-state index in [0.29, 0.717) is 105 Å². The zero-order valence-corrected chi connectivity index (χ0v) is 80.8. The Morgan fingerprint density at radius 1 is 0.515 bits per heavy atom. The molecule has 21 nitrogen and oxygen atoms in total. The molecule has 1 saturated carbocycles. The van der Waals surface area contributed by atoms with Gasteiger partial charge in [-0.3, -0.25) is 14.4 Å². The summed E-state index contributed by atoms with van der Waals surface area (Å²) in [7, 11) is 4.80. The third-order valence-electron chi connectivity index (χ3n) is 27.4. The number of carbonyl (C=O) groups is 7. The molecule has 13 atom stereocenters. The maximum Gasteiger partial charge on any atom is 0.336 e. The van der Waals surface area contributed by atoms with Gasteiger partial charge in [0.05, 0.1) is 74.7 Å². The van der Waals surface area contributed by atoms with Crippen LogP contribution < -0.4 is 0 Å². The van der Waals surface area contributed by atoms with Crippen molar-refractivity contribution in [3.8, 4) is 56.0 Å². The molecular weight excluding hydrogens is 1730 g/mol. The van der Waals surface area contributed by atoms with Crippen molar-refractivity contribution < 1.29 is 95.9 Å². The van der Waals surface area contributed by atoms with Crippen LogP contribution in [0.3, 0.4) is 0 Å². The van der Waals surface area contributed by atoms with Gasteiger partial charge in [0.15, 0.2) is 0 Å². The molecule has 8 aromatic carbocycles. The summed E-state index contributed by atoms with van der Waals surface area (Å²) in [5, 5.41) is 53.3. The first-order valence-electron chi connectivity index (χ1n) is 46.7. The number of aromatic carboxylic acids is 3. The molecule has 2 bridgehead atoms. The molecule has 2 saturated heterocycles. The number of hydrogen-bond acceptors (Lipinski definition) is 17. The lowest BCUT2D eigenvalue weighted by Gasteiger charge is -2.47. The van der Waals surface area contributed by atoms with E-state index in [2.05, 4.69) is 99.8 Å². The average molecular weight is 1860 g/mol. The molecule has 0 radical (unpaired) electrons. The number of fused-ring (bicyclic) bond motifs is 6. The van der Waals surface area contributed by atoms with Crippen LogP contribution in [0.5, 0.6) is 0 Å². The molecule has 0 unspecified atom stereocenters. The standard InChI is InChI=1S/C43H69NO11.C26H22FNO2.C25H20FNO2.C18H14FNO2/c1-10-31-18-25(2)17-26(3)19-37(52-8)39-38(53-9)21-29(6)43(50,55-39)40(47)41(48)44-16-12-11-13-33(44)42(49)54-36(24-32(45)23-34(31)46)28(5)20-30-15-14-27(4)35(22-30)51-7;1-14-11-15(2)23(16(3)12-14)18-5-7-19(8-6-18)25-17(4)24(26(29)30)21-13-20(27)9-10-22(21)28-25;1-14-4-5-19(12-15(14)2)17-6-8-18(9-7-17)24-16(3)23(25(28)29)21-13-20(26)10-11-22(21)27-24;1-10-3-5-12(6-4-10)17-11(2)16(18(21)22)14-9-13(19)7-8-15(14)20-17/h18,20,26-27,29-33,35-39,45,50H,10-17,19,21-24H2,1-9H3;5-13H,1-4H3,(H,29,30);4-13H,1-3H3,(H,28,29);3-9H,1-2H3,(H,21,22)/b25-18+,28-20+;;;/t26-,27+,29+,30-,31+,32-,33-,35+,36-,37-,38-,39+,43+;;;/m0.../s1. The van der Waals surface area contributed by atoms with E-state index in [1.165, 1.54) is 92.9 Å². The van der Waals surface area contributed by atoms with E-state index >= 15 is 0 Å². The van der Waals surface area contributed by atoms with Gasteiger partial charge in [-0.2, -0.15) is 0 Å². The van der Waals surface area contributed by atoms with Crippen molar-refractivity contribution in [3.63, 3.8) is 0 Å². The summed E-state index contributed by atoms with van der Waals surface area (Å²) in [5.74, 6) is -10.7. The van der Waals surface area contributed by atoms with Crippen LogP contribution >= 0.6 is 0 Å². The molecule has 5 N–H and O–H groups in total. The molecule has 0 spiro atoms. The molecule has 1 amide bonds. The highest BCUT2D eigenvalue weighted by molar-refractivity contribution is 6.39. The number of cyclic esters (lactones) is 1. The number of nitrogens with zero attached hydrogens (tertiary/aromatic N) is 4. The van der Waals surface area contributed by atoms with Crippen LogP contribution in [0, 0.1) is 109 Å². The number of aryl methyl sites for hydroxylation is 6. The van der Waals surface area contributed by atoms with E-state index in [4.69, 9.17) is 23.7 Å². The van der Waals surface area contributed by atoms with Gasteiger partial charge in [0, 0.05) is 85.4 Å². The molecule has 15 rings (SSSR count). The quantitative estimate of drug-likeness (QED) is 0.0384. The smallest absolute Gasteiger partial charge is 0.336 e. The zero-order chi connectivity index (χ0) is 98.7. The van der Waals surface area contributed by atoms with Gasteiger partial charge in [-0.05, 0) is 279 Å². The molecule has 6 heterocycles. The van der Waals surface area contributed by atoms with E-state index in [9.17, 15) is 72.3 Å². The number of carbonyl (C=O) groups excluding carboxylic acids is 4. The summed E-state index contributed by atoms with van der Waals surface area (Å²) in [5.41, 5.74) is 21.1. The van der Waals surface area contributed by atoms with Crippen LogP contribution in [0.4, 0.5) is 13.2 Å². The van der Waals surface area contributed by atoms with E-state index in [-0.39, 0.29) is 72.6 Å². The highest BCUT2D eigenvalue weighted by Crippen LogP contribution is 2.43. The molecule has 1 aliphatic carbocycles. The molecule has 3 aliphatic heterocycles. The Morgan fingerprint density at radius 3 is 1.45 bits per heavy atom. The lowest BCUT2D eigenvalue weighted by atomic mass is 9.79. The monoisotopic (exact) mass is 1850 g/mol. The van der Waals surface area contributed by atoms with Crippen LogP contribution in [0.25, 0.3) is 88.7 Å². The molecule has 716 valence electrons. The van der Waals surface area contributed by atoms with Crippen molar-refractivity contribution in [3.05, 3.63) is 265 Å². The fourth-order valence-electron chi connectivity index (χ4n) is 19.9. The SMILES string of the molecule is CC[C@@H]1/C=C(\C)C[C@H](C)C[C@H](OC)[C@H]2O[C@@](O)(C(=O)C(=O)N3CCCC[C@H]3C(=O)O[C@H](/C(C)=C/[C@@H]3CC[C@@H](C)[C@H](OC)C3)C[C@@H](O)CC1=O)[C@H](C)C[C@@H]2OC.Cc1cc(C)c(-c2ccc(-c3nc4ccc(F)cc4c(C(=O)O)c3C)cc2)c(C)c1.Cc1ccc(-c2ccc(-c3nc4ccc(F)cc4c(C(=O)O)c3C)cc2)cc1C.Cc1ccc(-c2nc3ccc(F)cc3c(C(=O)O)c2C)cc1. The molecule has 136 heavy (non-hydrogen) atoms. The number of aliphatic hydroxyl groups is 2. The molecule has 11 aromatic rings. The average Bonchev–Trinajstić information content (AvgIpc) is 0.800. The van der Waals surface area contributed by atoms with Crippen molar-refractivity contribution in [1.82, 2.24) is 19.9 Å². The Labute approximate surface area is 793 Å². The first-order chi connectivity index (χ1) is 64.6. The van der Waals surface area contributed by atoms with E-state index in [0.717, 1.165) is 69.4 Å². The van der Waals surface area contributed by atoms with Crippen LogP contribution in [-0.2, 0) is 42.9 Å². The minimum absolute atomic E-state index is 0.00201. The number of piperidine rings is 1. The van der Waals surface area contributed by atoms with Gasteiger partial charge in [0.1, 0.15) is 41.5 Å². The van der Waals surface area contributed by atoms with Gasteiger partial charge >= 0.3 is 23.9 Å². The maximum atomic E-state index is 14.2. The number of benzene rings is 8. The number of carboxylic acids is 3. The molecule has 3 fully saturated rings. The van der Waals surface area contributed by atoms with Gasteiger partial charge in [-0.1, -0.05) is 160 Å². The number of amides is 1. The predicted molar refractivity (Wildman–Crippen MR) is 522 cm³/mol. The number of halogens is 3. The number of aromatic nitrogens is 3. The molecule has 3 aromatic heterocycles. The second kappa shape index (κ2) is 44.7. The first kappa shape index (κ1) is 103. The molecule has 24 heteroatoms. The van der Waals surface area contributed by atoms with Crippen molar-refractivity contribution in [2.24, 2.45) is 29.6 Å². The van der Waals surface area contributed by atoms with E-state index < -0.39 is 107 Å². The first-order valence-corrected chi connectivity index (χ1v) is 46.7. The number of pyridine rings is 3. The van der Waals surface area contributed by atoms with Crippen LogP contribution in [0.15, 0.2) is 181 Å². The number of carboxylic acid groups (broad SMARTS) is 3. The summed E-state index contributed by atoms with van der Waals surface area (Å²) in [6.45, 7) is 29.4.